The lowest BCUT2D eigenvalue weighted by atomic mass is 9.98. The third kappa shape index (κ3) is 3.17. The zero-order valence-electron chi connectivity index (χ0n) is 14.3. The summed E-state index contributed by atoms with van der Waals surface area (Å²) in [5.41, 5.74) is 4.32. The zero-order chi connectivity index (χ0) is 18.3. The third-order valence-corrected chi connectivity index (χ3v) is 6.71. The second-order valence-corrected chi connectivity index (χ2v) is 9.12. The number of aryl methyl sites for hydroxylation is 1. The molecule has 0 N–H and O–H groups in total. The molecule has 4 rings (SSSR count). The Balaban J connectivity index is 1.59. The smallest absolute Gasteiger partial charge is 0.253 e. The van der Waals surface area contributed by atoms with Gasteiger partial charge in [0.2, 0.25) is 0 Å². The number of ketones is 1. The van der Waals surface area contributed by atoms with Gasteiger partial charge in [-0.05, 0) is 35.2 Å². The van der Waals surface area contributed by atoms with Crippen LogP contribution in [-0.2, 0) is 16.3 Å². The fourth-order valence-corrected chi connectivity index (χ4v) is 4.77. The van der Waals surface area contributed by atoms with Crippen molar-refractivity contribution in [3.05, 3.63) is 59.2 Å². The lowest BCUT2D eigenvalue weighted by Crippen LogP contribution is -2.43. The number of amides is 1. The molecule has 0 atom stereocenters. The van der Waals surface area contributed by atoms with Crippen LogP contribution < -0.4 is 0 Å². The Morgan fingerprint density at radius 2 is 1.65 bits per heavy atom. The van der Waals surface area contributed by atoms with Crippen molar-refractivity contribution in [3.63, 3.8) is 0 Å². The van der Waals surface area contributed by atoms with Crippen molar-refractivity contribution in [2.75, 3.05) is 24.6 Å². The number of sulfone groups is 1. The van der Waals surface area contributed by atoms with Crippen molar-refractivity contribution in [2.45, 2.75) is 12.8 Å². The van der Waals surface area contributed by atoms with Crippen LogP contribution in [0, 0.1) is 0 Å². The molecule has 1 aliphatic heterocycles. The second-order valence-electron chi connectivity index (χ2n) is 6.82. The van der Waals surface area contributed by atoms with Crippen molar-refractivity contribution in [2.24, 2.45) is 0 Å². The third-order valence-electron chi connectivity index (χ3n) is 5.10. The monoisotopic (exact) mass is 369 g/mol. The summed E-state index contributed by atoms with van der Waals surface area (Å²) in [6, 6.07) is 13.2. The first-order valence-corrected chi connectivity index (χ1v) is 10.5. The molecular formula is C20H19NO4S. The number of hydrogen-bond donors (Lipinski definition) is 0. The molecule has 1 heterocycles. The molecule has 0 radical (unpaired) electrons. The van der Waals surface area contributed by atoms with Crippen LogP contribution in [0.2, 0.25) is 0 Å². The number of nitrogens with zero attached hydrogens (tertiary/aromatic N) is 1. The summed E-state index contributed by atoms with van der Waals surface area (Å²) in [5.74, 6) is 0.0998. The SMILES string of the molecule is O=C1CCc2cc(-c3cccc(C(=O)N4CCS(=O)(=O)CC4)c3)ccc21. The molecule has 26 heavy (non-hydrogen) atoms. The Kier molecular flexibility index (Phi) is 4.15. The van der Waals surface area contributed by atoms with Gasteiger partial charge in [0.1, 0.15) is 0 Å². The average Bonchev–Trinajstić information content (AvgIpc) is 3.02. The van der Waals surface area contributed by atoms with E-state index < -0.39 is 9.84 Å². The van der Waals surface area contributed by atoms with Crippen LogP contribution in [-0.4, -0.2) is 49.6 Å². The topological polar surface area (TPSA) is 71.5 Å². The number of rotatable bonds is 2. The van der Waals surface area contributed by atoms with E-state index >= 15 is 0 Å². The van der Waals surface area contributed by atoms with Gasteiger partial charge in [0, 0.05) is 30.6 Å². The maximum atomic E-state index is 12.7. The van der Waals surface area contributed by atoms with Gasteiger partial charge < -0.3 is 4.90 Å². The van der Waals surface area contributed by atoms with E-state index in [-0.39, 0.29) is 36.3 Å². The minimum atomic E-state index is -3.01. The van der Waals surface area contributed by atoms with Gasteiger partial charge in [0.15, 0.2) is 15.6 Å². The minimum absolute atomic E-state index is 0.0251. The Hall–Kier alpha value is -2.47. The number of Topliss-reactive ketones (excluding diaryl/α,β-unsaturated/α-hetero) is 1. The standard InChI is InChI=1S/C20H19NO4S/c22-19-7-5-16-12-15(4-6-18(16)19)14-2-1-3-17(13-14)20(23)21-8-10-26(24,25)11-9-21/h1-4,6,12-13H,5,7-11H2. The molecule has 0 saturated carbocycles. The normalized spacial score (nSPS) is 18.6. The molecule has 0 aromatic heterocycles. The van der Waals surface area contributed by atoms with E-state index in [1.165, 1.54) is 0 Å². The quantitative estimate of drug-likeness (QED) is 0.815. The fourth-order valence-electron chi connectivity index (χ4n) is 3.56. The molecule has 134 valence electrons. The Bertz CT molecular complexity index is 996. The lowest BCUT2D eigenvalue weighted by molar-refractivity contribution is 0.0770. The predicted octanol–water partition coefficient (Wildman–Crippen LogP) is 2.35. The van der Waals surface area contributed by atoms with Gasteiger partial charge in [-0.1, -0.05) is 30.3 Å². The lowest BCUT2D eigenvalue weighted by Gasteiger charge is -2.26. The van der Waals surface area contributed by atoms with E-state index in [0.29, 0.717) is 12.0 Å². The van der Waals surface area contributed by atoms with Crippen molar-refractivity contribution < 1.29 is 18.0 Å². The summed E-state index contributed by atoms with van der Waals surface area (Å²) >= 11 is 0. The average molecular weight is 369 g/mol. The predicted molar refractivity (Wildman–Crippen MR) is 99.1 cm³/mol. The van der Waals surface area contributed by atoms with Gasteiger partial charge in [-0.2, -0.15) is 0 Å². The van der Waals surface area contributed by atoms with Crippen LogP contribution in [0.1, 0.15) is 32.7 Å². The van der Waals surface area contributed by atoms with Crippen LogP contribution in [0.5, 0.6) is 0 Å². The molecule has 2 aromatic carbocycles. The number of carbonyl (C=O) groups is 2. The first kappa shape index (κ1) is 17.0. The van der Waals surface area contributed by atoms with E-state index in [1.807, 2.05) is 36.4 Å². The van der Waals surface area contributed by atoms with Gasteiger partial charge in [-0.25, -0.2) is 8.42 Å². The Morgan fingerprint density at radius 3 is 2.42 bits per heavy atom. The van der Waals surface area contributed by atoms with Crippen LogP contribution >= 0.6 is 0 Å². The van der Waals surface area contributed by atoms with Crippen molar-refractivity contribution in [1.82, 2.24) is 4.90 Å². The first-order chi connectivity index (χ1) is 12.4. The molecule has 1 fully saturated rings. The molecule has 2 aliphatic rings. The van der Waals surface area contributed by atoms with Crippen LogP contribution in [0.15, 0.2) is 42.5 Å². The molecule has 1 saturated heterocycles. The van der Waals surface area contributed by atoms with E-state index in [2.05, 4.69) is 0 Å². The first-order valence-electron chi connectivity index (χ1n) is 8.69. The van der Waals surface area contributed by atoms with E-state index in [1.54, 1.807) is 11.0 Å². The molecule has 0 spiro atoms. The fraction of sp³-hybridized carbons (Fsp3) is 0.300. The zero-order valence-corrected chi connectivity index (χ0v) is 15.1. The number of benzene rings is 2. The minimum Gasteiger partial charge on any atom is -0.337 e. The Labute approximate surface area is 152 Å². The molecule has 1 amide bonds. The highest BCUT2D eigenvalue weighted by Gasteiger charge is 2.26. The van der Waals surface area contributed by atoms with Crippen molar-refractivity contribution in [1.29, 1.82) is 0 Å². The van der Waals surface area contributed by atoms with Gasteiger partial charge in [0.25, 0.3) is 5.91 Å². The highest BCUT2D eigenvalue weighted by molar-refractivity contribution is 7.91. The van der Waals surface area contributed by atoms with Crippen molar-refractivity contribution >= 4 is 21.5 Å². The Morgan fingerprint density at radius 1 is 0.923 bits per heavy atom. The molecule has 1 aliphatic carbocycles. The maximum absolute atomic E-state index is 12.7. The summed E-state index contributed by atoms with van der Waals surface area (Å²) in [7, 11) is -3.01. The summed E-state index contributed by atoms with van der Waals surface area (Å²) < 4.78 is 23.1. The molecule has 5 nitrogen and oxygen atoms in total. The highest BCUT2D eigenvalue weighted by atomic mass is 32.2. The number of hydrogen-bond acceptors (Lipinski definition) is 4. The van der Waals surface area contributed by atoms with E-state index in [9.17, 15) is 18.0 Å². The molecule has 0 bridgehead atoms. The van der Waals surface area contributed by atoms with Gasteiger partial charge >= 0.3 is 0 Å². The van der Waals surface area contributed by atoms with Crippen LogP contribution in [0.25, 0.3) is 11.1 Å². The number of carbonyl (C=O) groups excluding carboxylic acids is 2. The van der Waals surface area contributed by atoms with Crippen LogP contribution in [0.3, 0.4) is 0 Å². The van der Waals surface area contributed by atoms with Crippen molar-refractivity contribution in [3.8, 4) is 11.1 Å². The summed E-state index contributed by atoms with van der Waals surface area (Å²) in [5, 5.41) is 0. The molecule has 2 aromatic rings. The summed E-state index contributed by atoms with van der Waals surface area (Å²) in [4.78, 5) is 26.1. The van der Waals surface area contributed by atoms with E-state index in [4.69, 9.17) is 0 Å². The largest absolute Gasteiger partial charge is 0.337 e. The van der Waals surface area contributed by atoms with Gasteiger partial charge in [-0.15, -0.1) is 0 Å². The summed E-state index contributed by atoms with van der Waals surface area (Å²) in [6.45, 7) is 0.485. The molecular weight excluding hydrogens is 350 g/mol. The summed E-state index contributed by atoms with van der Waals surface area (Å²) in [6.07, 6.45) is 1.33. The molecule has 6 heteroatoms. The van der Waals surface area contributed by atoms with Gasteiger partial charge in [0.05, 0.1) is 11.5 Å². The maximum Gasteiger partial charge on any atom is 0.253 e. The highest BCUT2D eigenvalue weighted by Crippen LogP contribution is 2.28. The van der Waals surface area contributed by atoms with Crippen LogP contribution in [0.4, 0.5) is 0 Å². The molecule has 0 unspecified atom stereocenters. The number of fused-ring (bicyclic) bond motifs is 1. The van der Waals surface area contributed by atoms with E-state index in [0.717, 1.165) is 28.7 Å². The van der Waals surface area contributed by atoms with Gasteiger partial charge in [-0.3, -0.25) is 9.59 Å². The second kappa shape index (κ2) is 6.36.